The van der Waals surface area contributed by atoms with Crippen LogP contribution in [0.3, 0.4) is 0 Å². The highest BCUT2D eigenvalue weighted by Gasteiger charge is 2.17. The molecule has 2 heterocycles. The first-order valence-corrected chi connectivity index (χ1v) is 7.62. The lowest BCUT2D eigenvalue weighted by atomic mass is 10.2. The Morgan fingerprint density at radius 1 is 1.50 bits per heavy atom. The summed E-state index contributed by atoms with van der Waals surface area (Å²) in [6.45, 7) is 0.692. The van der Waals surface area contributed by atoms with Crippen LogP contribution in [-0.2, 0) is 11.3 Å². The summed E-state index contributed by atoms with van der Waals surface area (Å²) < 4.78 is 6.39. The van der Waals surface area contributed by atoms with Gasteiger partial charge in [0.1, 0.15) is 5.75 Å². The fourth-order valence-corrected chi connectivity index (χ4v) is 3.35. The topological polar surface area (TPSA) is 76.4 Å². The van der Waals surface area contributed by atoms with Crippen LogP contribution in [-0.4, -0.2) is 12.5 Å². The lowest BCUT2D eigenvalue weighted by molar-refractivity contribution is -0.118. The van der Waals surface area contributed by atoms with Gasteiger partial charge in [0.25, 0.3) is 5.91 Å². The average Bonchev–Trinajstić information content (AvgIpc) is 2.82. The number of fused-ring (bicyclic) bond motifs is 1. The molecule has 4 N–H and O–H groups in total. The van der Waals surface area contributed by atoms with Crippen molar-refractivity contribution < 1.29 is 9.53 Å². The molecule has 0 fully saturated rings. The predicted octanol–water partition coefficient (Wildman–Crippen LogP) is 3.04. The zero-order valence-electron chi connectivity index (χ0n) is 10.4. The molecule has 0 spiro atoms. The summed E-state index contributed by atoms with van der Waals surface area (Å²) in [6.07, 6.45) is 0. The summed E-state index contributed by atoms with van der Waals surface area (Å²) in [5.74, 6) is 0.444. The van der Waals surface area contributed by atoms with E-state index in [-0.39, 0.29) is 12.5 Å². The van der Waals surface area contributed by atoms with Gasteiger partial charge in [-0.05, 0) is 33.4 Å². The molecule has 3 rings (SSSR count). The Balaban J connectivity index is 1.81. The average molecular weight is 354 g/mol. The molecule has 0 aliphatic carbocycles. The number of carbonyl (C=O) groups is 1. The molecule has 104 valence electrons. The number of hydrogen-bond donors (Lipinski definition) is 3. The molecule has 0 atom stereocenters. The molecule has 1 aliphatic rings. The number of nitrogens with one attached hydrogen (secondary N) is 2. The number of anilines is 3. The van der Waals surface area contributed by atoms with Gasteiger partial charge in [-0.2, -0.15) is 0 Å². The van der Waals surface area contributed by atoms with Crippen molar-refractivity contribution in [3.8, 4) is 5.75 Å². The van der Waals surface area contributed by atoms with Crippen molar-refractivity contribution in [3.63, 3.8) is 0 Å². The minimum Gasteiger partial charge on any atom is -0.482 e. The molecule has 7 heteroatoms. The summed E-state index contributed by atoms with van der Waals surface area (Å²) in [7, 11) is 0. The first kappa shape index (κ1) is 13.3. The smallest absolute Gasteiger partial charge is 0.262 e. The maximum absolute atomic E-state index is 11.3. The van der Waals surface area contributed by atoms with Gasteiger partial charge in [-0.1, -0.05) is 0 Å². The Hall–Kier alpha value is -1.73. The number of ether oxygens (including phenoxy) is 1. The van der Waals surface area contributed by atoms with E-state index in [1.807, 2.05) is 11.4 Å². The first-order valence-electron chi connectivity index (χ1n) is 5.95. The molecule has 1 aromatic carbocycles. The first-order chi connectivity index (χ1) is 9.63. The minimum atomic E-state index is -0.158. The Morgan fingerprint density at radius 2 is 2.35 bits per heavy atom. The molecular weight excluding hydrogens is 342 g/mol. The van der Waals surface area contributed by atoms with Gasteiger partial charge in [-0.25, -0.2) is 0 Å². The van der Waals surface area contributed by atoms with Crippen molar-refractivity contribution in [2.24, 2.45) is 0 Å². The molecular formula is C13H12BrN3O2S. The maximum Gasteiger partial charge on any atom is 0.262 e. The molecule has 5 nitrogen and oxygen atoms in total. The van der Waals surface area contributed by atoms with Crippen LogP contribution >= 0.6 is 27.3 Å². The van der Waals surface area contributed by atoms with Crippen LogP contribution in [0.5, 0.6) is 5.75 Å². The minimum absolute atomic E-state index is 0.0291. The number of carbonyl (C=O) groups excluding carboxylic acids is 1. The highest BCUT2D eigenvalue weighted by molar-refractivity contribution is 9.10. The lowest BCUT2D eigenvalue weighted by Gasteiger charge is -2.20. The van der Waals surface area contributed by atoms with Gasteiger partial charge in [-0.15, -0.1) is 11.3 Å². The van der Waals surface area contributed by atoms with Gasteiger partial charge in [0.15, 0.2) is 6.61 Å². The van der Waals surface area contributed by atoms with Crippen LogP contribution in [0.25, 0.3) is 0 Å². The van der Waals surface area contributed by atoms with E-state index in [9.17, 15) is 4.79 Å². The molecule has 0 radical (unpaired) electrons. The van der Waals surface area contributed by atoms with E-state index in [0.717, 1.165) is 10.2 Å². The van der Waals surface area contributed by atoms with Crippen LogP contribution in [0, 0.1) is 0 Å². The number of halogens is 1. The Bertz CT molecular complexity index is 672. The zero-order chi connectivity index (χ0) is 14.1. The van der Waals surface area contributed by atoms with Crippen molar-refractivity contribution in [3.05, 3.63) is 32.9 Å². The number of nitrogen functional groups attached to an aromatic ring is 1. The molecule has 1 aliphatic heterocycles. The highest BCUT2D eigenvalue weighted by atomic mass is 79.9. The Labute approximate surface area is 128 Å². The summed E-state index contributed by atoms with van der Waals surface area (Å²) in [4.78, 5) is 12.5. The molecule has 2 aromatic rings. The second kappa shape index (κ2) is 5.34. The van der Waals surface area contributed by atoms with E-state index in [0.29, 0.717) is 23.7 Å². The molecule has 1 aromatic heterocycles. The molecule has 0 bridgehead atoms. The largest absolute Gasteiger partial charge is 0.482 e. The molecule has 0 saturated heterocycles. The van der Waals surface area contributed by atoms with Crippen molar-refractivity contribution in [2.75, 3.05) is 23.0 Å². The number of nitrogens with two attached hydrogens (primary N) is 1. The van der Waals surface area contributed by atoms with Crippen molar-refractivity contribution >= 4 is 50.2 Å². The van der Waals surface area contributed by atoms with E-state index in [4.69, 9.17) is 10.5 Å². The van der Waals surface area contributed by atoms with Gasteiger partial charge in [0, 0.05) is 15.4 Å². The highest BCUT2D eigenvalue weighted by Crippen LogP contribution is 2.35. The number of benzene rings is 1. The Morgan fingerprint density at radius 3 is 3.10 bits per heavy atom. The van der Waals surface area contributed by atoms with Crippen LogP contribution in [0.2, 0.25) is 0 Å². The van der Waals surface area contributed by atoms with Crippen LogP contribution in [0.1, 0.15) is 4.88 Å². The van der Waals surface area contributed by atoms with E-state index in [1.165, 1.54) is 4.88 Å². The summed E-state index contributed by atoms with van der Waals surface area (Å²) >= 11 is 5.15. The number of amides is 1. The quantitative estimate of drug-likeness (QED) is 0.741. The van der Waals surface area contributed by atoms with Crippen molar-refractivity contribution in [1.29, 1.82) is 0 Å². The molecule has 20 heavy (non-hydrogen) atoms. The maximum atomic E-state index is 11.3. The summed E-state index contributed by atoms with van der Waals surface area (Å²) in [5, 5.41) is 8.05. The number of rotatable bonds is 3. The van der Waals surface area contributed by atoms with E-state index in [2.05, 4.69) is 26.6 Å². The second-order valence-electron chi connectivity index (χ2n) is 4.32. The zero-order valence-corrected chi connectivity index (χ0v) is 12.8. The Kier molecular flexibility index (Phi) is 3.54. The predicted molar refractivity (Wildman–Crippen MR) is 84.3 cm³/mol. The fraction of sp³-hybridized carbons (Fsp3) is 0.154. The summed E-state index contributed by atoms with van der Waals surface area (Å²) in [5.41, 5.74) is 8.00. The van der Waals surface area contributed by atoms with E-state index >= 15 is 0 Å². The molecule has 1 amide bonds. The van der Waals surface area contributed by atoms with Gasteiger partial charge in [-0.3, -0.25) is 4.79 Å². The second-order valence-corrected chi connectivity index (χ2v) is 6.17. The van der Waals surface area contributed by atoms with Gasteiger partial charge < -0.3 is 21.1 Å². The standard InChI is InChI=1S/C13H12BrN3O2S/c14-7-1-2-20-12(7)5-16-9-4-10-11(3-8(9)15)19-6-13(18)17-10/h1-4,16H,5-6,15H2,(H,17,18). The van der Waals surface area contributed by atoms with Crippen molar-refractivity contribution in [2.45, 2.75) is 6.54 Å². The summed E-state index contributed by atoms with van der Waals surface area (Å²) in [6, 6.07) is 5.52. The monoisotopic (exact) mass is 353 g/mol. The normalized spacial score (nSPS) is 13.3. The van der Waals surface area contributed by atoms with Crippen LogP contribution in [0.4, 0.5) is 17.1 Å². The van der Waals surface area contributed by atoms with E-state index < -0.39 is 0 Å². The number of thiophene rings is 1. The van der Waals surface area contributed by atoms with Crippen LogP contribution in [0.15, 0.2) is 28.1 Å². The SMILES string of the molecule is Nc1cc2c(cc1NCc1sccc1Br)NC(=O)CO2. The fourth-order valence-electron chi connectivity index (χ4n) is 1.92. The van der Waals surface area contributed by atoms with Crippen LogP contribution < -0.4 is 21.1 Å². The van der Waals surface area contributed by atoms with E-state index in [1.54, 1.807) is 23.5 Å². The molecule has 0 saturated carbocycles. The lowest BCUT2D eigenvalue weighted by Crippen LogP contribution is -2.25. The van der Waals surface area contributed by atoms with Gasteiger partial charge in [0.2, 0.25) is 0 Å². The molecule has 0 unspecified atom stereocenters. The number of hydrogen-bond acceptors (Lipinski definition) is 5. The van der Waals surface area contributed by atoms with Crippen molar-refractivity contribution in [1.82, 2.24) is 0 Å². The third kappa shape index (κ3) is 2.59. The van der Waals surface area contributed by atoms with Gasteiger partial charge in [0.05, 0.1) is 23.6 Å². The third-order valence-corrected chi connectivity index (χ3v) is 4.84. The van der Waals surface area contributed by atoms with Gasteiger partial charge >= 0.3 is 0 Å². The third-order valence-electron chi connectivity index (χ3n) is 2.92.